The van der Waals surface area contributed by atoms with Crippen LogP contribution in [0.2, 0.25) is 0 Å². The monoisotopic (exact) mass is 312 g/mol. The van der Waals surface area contributed by atoms with Gasteiger partial charge in [0.15, 0.2) is 0 Å². The Labute approximate surface area is 135 Å². The summed E-state index contributed by atoms with van der Waals surface area (Å²) in [6.07, 6.45) is 9.51. The van der Waals surface area contributed by atoms with E-state index < -0.39 is 4.92 Å². The molecule has 0 aliphatic carbocycles. The summed E-state index contributed by atoms with van der Waals surface area (Å²) in [4.78, 5) is 25.4. The summed E-state index contributed by atoms with van der Waals surface area (Å²) in [5, 5.41) is 11.2. The number of nitro groups is 1. The van der Waals surface area contributed by atoms with E-state index in [0.717, 1.165) is 0 Å². The molecule has 120 valence electrons. The second-order valence-corrected chi connectivity index (χ2v) is 5.42. The number of para-hydroxylation sites is 1. The molecule has 0 saturated heterocycles. The highest BCUT2D eigenvalue weighted by Gasteiger charge is 2.33. The van der Waals surface area contributed by atoms with Crippen LogP contribution in [0.25, 0.3) is 0 Å². The minimum absolute atomic E-state index is 0.0465. The third-order valence-corrected chi connectivity index (χ3v) is 3.93. The number of benzene rings is 1. The first-order chi connectivity index (χ1) is 11.1. The van der Waals surface area contributed by atoms with Gasteiger partial charge in [0.2, 0.25) is 0 Å². The molecule has 0 fully saturated rings. The predicted octanol–water partition coefficient (Wildman–Crippen LogP) is 3.89. The molecular weight excluding hydrogens is 292 g/mol. The third kappa shape index (κ3) is 3.56. The number of rotatable bonds is 6. The van der Waals surface area contributed by atoms with Gasteiger partial charge in [0.1, 0.15) is 5.56 Å². The molecule has 5 nitrogen and oxygen atoms in total. The molecule has 2 rings (SSSR count). The van der Waals surface area contributed by atoms with E-state index >= 15 is 0 Å². The average Bonchev–Trinajstić information content (AvgIpc) is 2.55. The summed E-state index contributed by atoms with van der Waals surface area (Å²) in [6, 6.07) is 5.89. The molecule has 1 amide bonds. The van der Waals surface area contributed by atoms with E-state index in [-0.39, 0.29) is 29.2 Å². The highest BCUT2D eigenvalue weighted by atomic mass is 16.6. The summed E-state index contributed by atoms with van der Waals surface area (Å²) in [7, 11) is 0. The SMILES string of the molecule is C=CC[C@H]1CC=C[C@H](CC=C)N1C(=O)c1ccccc1[N+](=O)[O-]. The van der Waals surface area contributed by atoms with Crippen molar-refractivity contribution in [2.45, 2.75) is 31.3 Å². The van der Waals surface area contributed by atoms with Crippen LogP contribution in [0.5, 0.6) is 0 Å². The highest BCUT2D eigenvalue weighted by molar-refractivity contribution is 5.98. The molecule has 0 bridgehead atoms. The zero-order valence-electron chi connectivity index (χ0n) is 12.9. The fraction of sp³-hybridized carbons (Fsp3) is 0.278. The Morgan fingerprint density at radius 3 is 2.65 bits per heavy atom. The van der Waals surface area contributed by atoms with E-state index in [1.807, 2.05) is 12.2 Å². The van der Waals surface area contributed by atoms with E-state index in [1.54, 1.807) is 29.2 Å². The summed E-state index contributed by atoms with van der Waals surface area (Å²) in [5.41, 5.74) is -0.0438. The second-order valence-electron chi connectivity index (χ2n) is 5.42. The van der Waals surface area contributed by atoms with Crippen LogP contribution in [-0.2, 0) is 0 Å². The minimum atomic E-state index is -0.516. The van der Waals surface area contributed by atoms with Crippen LogP contribution in [0.3, 0.4) is 0 Å². The quantitative estimate of drug-likeness (QED) is 0.455. The van der Waals surface area contributed by atoms with Crippen molar-refractivity contribution in [1.29, 1.82) is 0 Å². The molecule has 1 heterocycles. The summed E-state index contributed by atoms with van der Waals surface area (Å²) in [5.74, 6) is -0.319. The average molecular weight is 312 g/mol. The molecule has 0 aromatic heterocycles. The Bertz CT molecular complexity index is 651. The second kappa shape index (κ2) is 7.54. The van der Waals surface area contributed by atoms with Gasteiger partial charge in [-0.05, 0) is 25.3 Å². The molecule has 23 heavy (non-hydrogen) atoms. The number of nitrogens with zero attached hydrogens (tertiary/aromatic N) is 2. The van der Waals surface area contributed by atoms with Crippen LogP contribution >= 0.6 is 0 Å². The van der Waals surface area contributed by atoms with Gasteiger partial charge in [-0.25, -0.2) is 0 Å². The fourth-order valence-electron chi connectivity index (χ4n) is 2.90. The number of nitro benzene ring substituents is 1. The van der Waals surface area contributed by atoms with Crippen molar-refractivity contribution in [2.24, 2.45) is 0 Å². The van der Waals surface area contributed by atoms with E-state index in [0.29, 0.717) is 19.3 Å². The van der Waals surface area contributed by atoms with Crippen molar-refractivity contribution in [3.05, 3.63) is 77.4 Å². The van der Waals surface area contributed by atoms with E-state index in [4.69, 9.17) is 0 Å². The molecule has 5 heteroatoms. The zero-order valence-corrected chi connectivity index (χ0v) is 12.9. The summed E-state index contributed by atoms with van der Waals surface area (Å²) >= 11 is 0. The van der Waals surface area contributed by atoms with Crippen LogP contribution < -0.4 is 0 Å². The van der Waals surface area contributed by atoms with Gasteiger partial charge >= 0.3 is 0 Å². The van der Waals surface area contributed by atoms with Gasteiger partial charge in [-0.2, -0.15) is 0 Å². The maximum absolute atomic E-state index is 13.0. The summed E-state index contributed by atoms with van der Waals surface area (Å²) in [6.45, 7) is 7.49. The number of amides is 1. The Kier molecular flexibility index (Phi) is 5.46. The molecule has 2 atom stereocenters. The first-order valence-electron chi connectivity index (χ1n) is 7.54. The van der Waals surface area contributed by atoms with Crippen molar-refractivity contribution in [1.82, 2.24) is 4.90 Å². The molecule has 0 radical (unpaired) electrons. The number of carbonyl (C=O) groups excluding carboxylic acids is 1. The highest BCUT2D eigenvalue weighted by Crippen LogP contribution is 2.28. The van der Waals surface area contributed by atoms with Crippen molar-refractivity contribution in [3.8, 4) is 0 Å². The topological polar surface area (TPSA) is 63.5 Å². The molecule has 1 aromatic rings. The van der Waals surface area contributed by atoms with Crippen molar-refractivity contribution in [3.63, 3.8) is 0 Å². The Morgan fingerprint density at radius 1 is 1.30 bits per heavy atom. The van der Waals surface area contributed by atoms with Gasteiger partial charge < -0.3 is 4.90 Å². The Hall–Kier alpha value is -2.69. The molecule has 1 aromatic carbocycles. The van der Waals surface area contributed by atoms with E-state index in [1.165, 1.54) is 12.1 Å². The lowest BCUT2D eigenvalue weighted by molar-refractivity contribution is -0.385. The molecule has 0 spiro atoms. The molecule has 0 saturated carbocycles. The van der Waals surface area contributed by atoms with Crippen molar-refractivity contribution >= 4 is 11.6 Å². The maximum Gasteiger partial charge on any atom is 0.282 e. The Morgan fingerprint density at radius 2 is 2.00 bits per heavy atom. The summed E-state index contributed by atoms with van der Waals surface area (Å²) < 4.78 is 0. The maximum atomic E-state index is 13.0. The van der Waals surface area contributed by atoms with Crippen LogP contribution in [0.4, 0.5) is 5.69 Å². The molecule has 0 unspecified atom stereocenters. The predicted molar refractivity (Wildman–Crippen MR) is 90.2 cm³/mol. The number of carbonyl (C=O) groups is 1. The molecular formula is C18H20N2O3. The lowest BCUT2D eigenvalue weighted by Crippen LogP contribution is -2.48. The largest absolute Gasteiger partial charge is 0.328 e. The minimum Gasteiger partial charge on any atom is -0.328 e. The Balaban J connectivity index is 2.43. The van der Waals surface area contributed by atoms with Gasteiger partial charge in [-0.1, -0.05) is 36.4 Å². The van der Waals surface area contributed by atoms with Crippen molar-refractivity contribution in [2.75, 3.05) is 0 Å². The van der Waals surface area contributed by atoms with E-state index in [9.17, 15) is 14.9 Å². The van der Waals surface area contributed by atoms with Crippen LogP contribution in [0, 0.1) is 10.1 Å². The molecule has 1 aliphatic heterocycles. The smallest absolute Gasteiger partial charge is 0.282 e. The molecule has 1 aliphatic rings. The van der Waals surface area contributed by atoms with Gasteiger partial charge in [0.25, 0.3) is 11.6 Å². The zero-order chi connectivity index (χ0) is 16.8. The lowest BCUT2D eigenvalue weighted by Gasteiger charge is -2.38. The van der Waals surface area contributed by atoms with Gasteiger partial charge in [-0.15, -0.1) is 13.2 Å². The lowest BCUT2D eigenvalue weighted by atomic mass is 9.96. The first kappa shape index (κ1) is 16.7. The fourth-order valence-corrected chi connectivity index (χ4v) is 2.90. The van der Waals surface area contributed by atoms with Gasteiger partial charge in [0, 0.05) is 12.1 Å². The normalized spacial score (nSPS) is 20.1. The third-order valence-electron chi connectivity index (χ3n) is 3.93. The van der Waals surface area contributed by atoms with Crippen LogP contribution in [0.1, 0.15) is 29.6 Å². The molecule has 0 N–H and O–H groups in total. The van der Waals surface area contributed by atoms with Gasteiger partial charge in [-0.3, -0.25) is 14.9 Å². The van der Waals surface area contributed by atoms with Gasteiger partial charge in [0.05, 0.1) is 11.0 Å². The standard InChI is InChI=1S/C18H20N2O3/c1-3-8-14-10-7-11-15(9-4-2)19(14)18(21)16-12-5-6-13-17(16)20(22)23/h3-7,10,12-15H,1-2,8-9,11H2/t14-,15-/m0/s1. The number of hydrogen-bond donors (Lipinski definition) is 0. The number of hydrogen-bond acceptors (Lipinski definition) is 3. The van der Waals surface area contributed by atoms with Crippen LogP contribution in [0.15, 0.2) is 61.7 Å². The van der Waals surface area contributed by atoms with Crippen molar-refractivity contribution < 1.29 is 9.72 Å². The van der Waals surface area contributed by atoms with E-state index in [2.05, 4.69) is 13.2 Å². The first-order valence-corrected chi connectivity index (χ1v) is 7.54. The van der Waals surface area contributed by atoms with Crippen LogP contribution in [-0.4, -0.2) is 27.8 Å².